The molecule has 7 nitrogen and oxygen atoms in total. The molecule has 0 bridgehead atoms. The minimum absolute atomic E-state index is 0.112. The number of piperidine rings is 1. The van der Waals surface area contributed by atoms with Gasteiger partial charge in [-0.05, 0) is 37.6 Å². The van der Waals surface area contributed by atoms with Crippen LogP contribution < -0.4 is 21.3 Å². The first-order valence-electron chi connectivity index (χ1n) is 7.94. The lowest BCUT2D eigenvalue weighted by Gasteiger charge is -2.23. The van der Waals surface area contributed by atoms with Crippen LogP contribution in [0.1, 0.15) is 19.3 Å². The Morgan fingerprint density at radius 3 is 2.75 bits per heavy atom. The van der Waals surface area contributed by atoms with E-state index in [-0.39, 0.29) is 29.8 Å². The van der Waals surface area contributed by atoms with Gasteiger partial charge in [-0.1, -0.05) is 0 Å². The lowest BCUT2D eigenvalue weighted by molar-refractivity contribution is -0.133. The smallest absolute Gasteiger partial charge is 0.249 e. The molecule has 2 heterocycles. The monoisotopic (exact) mass is 334 g/mol. The molecule has 0 saturated carbocycles. The molecule has 2 saturated heterocycles. The molecular formula is C16H19FN4O3. The Kier molecular flexibility index (Phi) is 4.75. The highest BCUT2D eigenvalue weighted by Crippen LogP contribution is 2.22. The van der Waals surface area contributed by atoms with Gasteiger partial charge in [0, 0.05) is 18.7 Å². The van der Waals surface area contributed by atoms with E-state index in [0.29, 0.717) is 18.7 Å². The van der Waals surface area contributed by atoms with Crippen molar-refractivity contribution in [2.24, 2.45) is 5.92 Å². The molecule has 3 amide bonds. The SMILES string of the molecule is O=C1CCC(Nc2ccc(NC(=O)C3CCNC3)c(F)c2)C(=O)N1. The summed E-state index contributed by atoms with van der Waals surface area (Å²) in [7, 11) is 0. The Morgan fingerprint density at radius 2 is 2.08 bits per heavy atom. The van der Waals surface area contributed by atoms with Gasteiger partial charge in [0.1, 0.15) is 11.9 Å². The van der Waals surface area contributed by atoms with Crippen LogP contribution in [0.15, 0.2) is 18.2 Å². The average molecular weight is 334 g/mol. The quantitative estimate of drug-likeness (QED) is 0.604. The maximum Gasteiger partial charge on any atom is 0.249 e. The Hall–Kier alpha value is -2.48. The van der Waals surface area contributed by atoms with E-state index in [1.54, 1.807) is 6.07 Å². The third-order valence-electron chi connectivity index (χ3n) is 4.24. The van der Waals surface area contributed by atoms with Gasteiger partial charge in [-0.15, -0.1) is 0 Å². The van der Waals surface area contributed by atoms with E-state index in [4.69, 9.17) is 0 Å². The normalized spacial score (nSPS) is 23.7. The summed E-state index contributed by atoms with van der Waals surface area (Å²) in [6, 6.07) is 3.71. The summed E-state index contributed by atoms with van der Waals surface area (Å²) in [5, 5.41) is 10.8. The third kappa shape index (κ3) is 3.70. The number of anilines is 2. The number of hydrogen-bond donors (Lipinski definition) is 4. The van der Waals surface area contributed by atoms with Crippen LogP contribution >= 0.6 is 0 Å². The Balaban J connectivity index is 1.63. The first kappa shape index (κ1) is 16.4. The van der Waals surface area contributed by atoms with Gasteiger partial charge in [0.2, 0.25) is 17.7 Å². The standard InChI is InChI=1S/C16H19FN4O3/c17-11-7-10(19-13-3-4-14(22)21-16(13)24)1-2-12(11)20-15(23)9-5-6-18-8-9/h1-2,7,9,13,18-19H,3-6,8H2,(H,20,23)(H,21,22,24). The Labute approximate surface area is 138 Å². The molecule has 4 N–H and O–H groups in total. The number of benzene rings is 1. The number of imide groups is 1. The fraction of sp³-hybridized carbons (Fsp3) is 0.438. The van der Waals surface area contributed by atoms with E-state index < -0.39 is 17.8 Å². The summed E-state index contributed by atoms with van der Waals surface area (Å²) >= 11 is 0. The van der Waals surface area contributed by atoms with Crippen molar-refractivity contribution in [3.05, 3.63) is 24.0 Å². The Morgan fingerprint density at radius 1 is 1.25 bits per heavy atom. The molecule has 2 atom stereocenters. The van der Waals surface area contributed by atoms with Crippen LogP contribution in [0.25, 0.3) is 0 Å². The number of nitrogens with one attached hydrogen (secondary N) is 4. The number of carbonyl (C=O) groups is 3. The van der Waals surface area contributed by atoms with Crippen LogP contribution in [0.3, 0.4) is 0 Å². The fourth-order valence-corrected chi connectivity index (χ4v) is 2.85. The van der Waals surface area contributed by atoms with Crippen molar-refractivity contribution >= 4 is 29.1 Å². The highest BCUT2D eigenvalue weighted by atomic mass is 19.1. The molecule has 2 aliphatic rings. The molecule has 128 valence electrons. The van der Waals surface area contributed by atoms with Crippen molar-refractivity contribution in [2.45, 2.75) is 25.3 Å². The van der Waals surface area contributed by atoms with Crippen molar-refractivity contribution in [3.63, 3.8) is 0 Å². The predicted molar refractivity (Wildman–Crippen MR) is 85.8 cm³/mol. The average Bonchev–Trinajstić information content (AvgIpc) is 3.07. The zero-order valence-corrected chi connectivity index (χ0v) is 13.0. The van der Waals surface area contributed by atoms with E-state index in [9.17, 15) is 18.8 Å². The van der Waals surface area contributed by atoms with Gasteiger partial charge in [0.15, 0.2) is 0 Å². The summed E-state index contributed by atoms with van der Waals surface area (Å²) in [4.78, 5) is 34.8. The molecule has 2 fully saturated rings. The zero-order valence-electron chi connectivity index (χ0n) is 13.0. The summed E-state index contributed by atoms with van der Waals surface area (Å²) in [6.45, 7) is 1.39. The van der Waals surface area contributed by atoms with Crippen LogP contribution in [0.4, 0.5) is 15.8 Å². The molecule has 8 heteroatoms. The lowest BCUT2D eigenvalue weighted by Crippen LogP contribution is -2.47. The van der Waals surface area contributed by atoms with Crippen molar-refractivity contribution < 1.29 is 18.8 Å². The largest absolute Gasteiger partial charge is 0.374 e. The molecule has 0 spiro atoms. The van der Waals surface area contributed by atoms with Crippen LogP contribution in [0.2, 0.25) is 0 Å². The van der Waals surface area contributed by atoms with Crippen molar-refractivity contribution in [1.29, 1.82) is 0 Å². The van der Waals surface area contributed by atoms with Crippen molar-refractivity contribution in [3.8, 4) is 0 Å². The molecule has 1 aromatic carbocycles. The number of rotatable bonds is 4. The molecule has 1 aromatic rings. The second-order valence-electron chi connectivity index (χ2n) is 6.02. The molecule has 24 heavy (non-hydrogen) atoms. The second kappa shape index (κ2) is 6.96. The second-order valence-corrected chi connectivity index (χ2v) is 6.02. The van der Waals surface area contributed by atoms with Gasteiger partial charge >= 0.3 is 0 Å². The zero-order chi connectivity index (χ0) is 17.1. The first-order chi connectivity index (χ1) is 11.5. The molecule has 0 aliphatic carbocycles. The van der Waals surface area contributed by atoms with Crippen LogP contribution in [0.5, 0.6) is 0 Å². The van der Waals surface area contributed by atoms with Crippen molar-refractivity contribution in [2.75, 3.05) is 23.7 Å². The van der Waals surface area contributed by atoms with Gasteiger partial charge in [-0.2, -0.15) is 0 Å². The van der Waals surface area contributed by atoms with E-state index in [1.165, 1.54) is 12.1 Å². The summed E-state index contributed by atoms with van der Waals surface area (Å²) < 4.78 is 14.2. The number of carbonyl (C=O) groups excluding carboxylic acids is 3. The minimum atomic E-state index is -0.577. The van der Waals surface area contributed by atoms with Gasteiger partial charge in [0.25, 0.3) is 0 Å². The maximum atomic E-state index is 14.2. The topological polar surface area (TPSA) is 99.3 Å². The number of amides is 3. The highest BCUT2D eigenvalue weighted by Gasteiger charge is 2.27. The van der Waals surface area contributed by atoms with Gasteiger partial charge < -0.3 is 16.0 Å². The fourth-order valence-electron chi connectivity index (χ4n) is 2.85. The minimum Gasteiger partial charge on any atom is -0.374 e. The van der Waals surface area contributed by atoms with Crippen molar-refractivity contribution in [1.82, 2.24) is 10.6 Å². The molecule has 3 rings (SSSR count). The molecule has 2 unspecified atom stereocenters. The van der Waals surface area contributed by atoms with Gasteiger partial charge in [-0.3, -0.25) is 19.7 Å². The van der Waals surface area contributed by atoms with E-state index in [0.717, 1.165) is 13.0 Å². The molecule has 0 radical (unpaired) electrons. The lowest BCUT2D eigenvalue weighted by atomic mass is 10.1. The van der Waals surface area contributed by atoms with Gasteiger partial charge in [-0.25, -0.2) is 4.39 Å². The number of hydrogen-bond acceptors (Lipinski definition) is 5. The highest BCUT2D eigenvalue weighted by molar-refractivity contribution is 6.01. The van der Waals surface area contributed by atoms with E-state index in [2.05, 4.69) is 21.3 Å². The number of halogens is 1. The summed E-state index contributed by atoms with van der Waals surface area (Å²) in [5.41, 5.74) is 0.531. The summed E-state index contributed by atoms with van der Waals surface area (Å²) in [5.74, 6) is -1.65. The molecule has 2 aliphatic heterocycles. The van der Waals surface area contributed by atoms with Crippen LogP contribution in [0, 0.1) is 11.7 Å². The van der Waals surface area contributed by atoms with E-state index in [1.807, 2.05) is 0 Å². The van der Waals surface area contributed by atoms with E-state index >= 15 is 0 Å². The Bertz CT molecular complexity index is 673. The third-order valence-corrected chi connectivity index (χ3v) is 4.24. The maximum absolute atomic E-state index is 14.2. The van der Waals surface area contributed by atoms with Gasteiger partial charge in [0.05, 0.1) is 11.6 Å². The summed E-state index contributed by atoms with van der Waals surface area (Å²) in [6.07, 6.45) is 1.34. The van der Waals surface area contributed by atoms with Crippen LogP contribution in [-0.4, -0.2) is 36.9 Å². The first-order valence-corrected chi connectivity index (χ1v) is 7.94. The molecule has 0 aromatic heterocycles. The predicted octanol–water partition coefficient (Wildman–Crippen LogP) is 0.591. The van der Waals surface area contributed by atoms with Crippen LogP contribution in [-0.2, 0) is 14.4 Å². The molecular weight excluding hydrogens is 315 g/mol.